The Morgan fingerprint density at radius 1 is 0.842 bits per heavy atom. The molecule has 0 saturated carbocycles. The lowest BCUT2D eigenvalue weighted by atomic mass is 10.0. The van der Waals surface area contributed by atoms with Crippen LogP contribution in [0.5, 0.6) is 0 Å². The van der Waals surface area contributed by atoms with Crippen molar-refractivity contribution < 1.29 is 4.84 Å². The molecule has 0 saturated heterocycles. The third kappa shape index (κ3) is 2.17. The quantitative estimate of drug-likeness (QED) is 0.375. The molecule has 0 amide bonds. The highest BCUT2D eigenvalue weighted by atomic mass is 16.6. The number of hydrogen-bond donors (Lipinski definition) is 0. The van der Waals surface area contributed by atoms with E-state index in [1.807, 2.05) is 6.92 Å². The van der Waals surface area contributed by atoms with Crippen molar-refractivity contribution in [1.29, 1.82) is 0 Å². The molecule has 19 heavy (non-hydrogen) atoms. The van der Waals surface area contributed by atoms with Crippen LogP contribution in [0.25, 0.3) is 21.5 Å². The van der Waals surface area contributed by atoms with Gasteiger partial charge in [-0.3, -0.25) is 0 Å². The second-order valence-electron chi connectivity index (χ2n) is 4.62. The van der Waals surface area contributed by atoms with E-state index < -0.39 is 0 Å². The first-order valence-corrected chi connectivity index (χ1v) is 6.28. The van der Waals surface area contributed by atoms with Crippen LogP contribution in [-0.4, -0.2) is 12.8 Å². The average molecular weight is 249 g/mol. The second kappa shape index (κ2) is 4.73. The Bertz CT molecular complexity index is 774. The van der Waals surface area contributed by atoms with E-state index in [2.05, 4.69) is 59.8 Å². The van der Waals surface area contributed by atoms with Crippen LogP contribution in [0, 0.1) is 0 Å². The zero-order valence-electron chi connectivity index (χ0n) is 11.1. The van der Waals surface area contributed by atoms with E-state index in [1.54, 1.807) is 7.11 Å². The molecule has 0 atom stereocenters. The molecule has 2 heteroatoms. The zero-order valence-corrected chi connectivity index (χ0v) is 11.1. The Labute approximate surface area is 112 Å². The van der Waals surface area contributed by atoms with Gasteiger partial charge in [0.1, 0.15) is 7.11 Å². The maximum absolute atomic E-state index is 4.83. The molecule has 2 nitrogen and oxygen atoms in total. The molecule has 0 aliphatic heterocycles. The van der Waals surface area contributed by atoms with Gasteiger partial charge >= 0.3 is 0 Å². The van der Waals surface area contributed by atoms with Gasteiger partial charge in [-0.25, -0.2) is 0 Å². The summed E-state index contributed by atoms with van der Waals surface area (Å²) in [5, 5.41) is 8.97. The second-order valence-corrected chi connectivity index (χ2v) is 4.62. The maximum atomic E-state index is 4.83. The smallest absolute Gasteiger partial charge is 0.106 e. The highest BCUT2D eigenvalue weighted by Crippen LogP contribution is 2.23. The highest BCUT2D eigenvalue weighted by molar-refractivity contribution is 6.04. The van der Waals surface area contributed by atoms with Crippen molar-refractivity contribution in [2.24, 2.45) is 5.16 Å². The van der Waals surface area contributed by atoms with Gasteiger partial charge in [0, 0.05) is 0 Å². The first-order chi connectivity index (χ1) is 9.28. The lowest BCUT2D eigenvalue weighted by molar-refractivity contribution is 0.213. The van der Waals surface area contributed by atoms with Gasteiger partial charge in [0.25, 0.3) is 0 Å². The zero-order chi connectivity index (χ0) is 13.2. The van der Waals surface area contributed by atoms with Crippen LogP contribution >= 0.6 is 0 Å². The first kappa shape index (κ1) is 11.7. The Morgan fingerprint density at radius 2 is 1.47 bits per heavy atom. The van der Waals surface area contributed by atoms with E-state index in [9.17, 15) is 0 Å². The van der Waals surface area contributed by atoms with Gasteiger partial charge in [0.2, 0.25) is 0 Å². The van der Waals surface area contributed by atoms with Gasteiger partial charge in [0.05, 0.1) is 5.71 Å². The molecule has 0 aromatic heterocycles. The maximum Gasteiger partial charge on any atom is 0.106 e. The first-order valence-electron chi connectivity index (χ1n) is 6.28. The van der Waals surface area contributed by atoms with E-state index in [0.717, 1.165) is 11.3 Å². The van der Waals surface area contributed by atoms with E-state index >= 15 is 0 Å². The molecule has 3 rings (SSSR count). The Kier molecular flexibility index (Phi) is 2.92. The molecule has 3 aromatic rings. The molecule has 0 bridgehead atoms. The highest BCUT2D eigenvalue weighted by Gasteiger charge is 2.02. The normalized spacial score (nSPS) is 12.0. The Hall–Kier alpha value is -2.35. The Morgan fingerprint density at radius 3 is 2.16 bits per heavy atom. The summed E-state index contributed by atoms with van der Waals surface area (Å²) >= 11 is 0. The third-order valence-corrected chi connectivity index (χ3v) is 3.35. The number of rotatable bonds is 2. The monoisotopic (exact) mass is 249 g/mol. The lowest BCUT2D eigenvalue weighted by Crippen LogP contribution is -1.95. The summed E-state index contributed by atoms with van der Waals surface area (Å²) in [6, 6.07) is 19.2. The summed E-state index contributed by atoms with van der Waals surface area (Å²) in [5.74, 6) is 0. The van der Waals surface area contributed by atoms with Crippen molar-refractivity contribution in [1.82, 2.24) is 0 Å². The van der Waals surface area contributed by atoms with Gasteiger partial charge < -0.3 is 4.84 Å². The summed E-state index contributed by atoms with van der Waals surface area (Å²) in [6.45, 7) is 1.95. The molecule has 0 heterocycles. The van der Waals surface area contributed by atoms with Gasteiger partial charge in [-0.1, -0.05) is 41.6 Å². The fraction of sp³-hybridized carbons (Fsp3) is 0.118. The minimum atomic E-state index is 0.887. The minimum absolute atomic E-state index is 0.887. The standard InChI is InChI=1S/C17H15NO/c1-12(18-19-2)13-7-8-16-10-14-5-3-4-6-15(14)11-17(16)9-13/h3-11H,1-2H3/b18-12+. The van der Waals surface area contributed by atoms with Gasteiger partial charge in [-0.2, -0.15) is 0 Å². The summed E-state index contributed by atoms with van der Waals surface area (Å²) in [4.78, 5) is 4.83. The van der Waals surface area contributed by atoms with Crippen LogP contribution in [0.4, 0.5) is 0 Å². The number of benzene rings is 3. The number of nitrogens with zero attached hydrogens (tertiary/aromatic N) is 1. The number of hydrogen-bond acceptors (Lipinski definition) is 2. The lowest BCUT2D eigenvalue weighted by Gasteiger charge is -2.05. The molecule has 0 fully saturated rings. The fourth-order valence-electron chi connectivity index (χ4n) is 2.35. The van der Waals surface area contributed by atoms with E-state index in [1.165, 1.54) is 21.5 Å². The molecule has 0 spiro atoms. The molecule has 0 aliphatic rings. The number of fused-ring (bicyclic) bond motifs is 2. The van der Waals surface area contributed by atoms with E-state index in [4.69, 9.17) is 4.84 Å². The SMILES string of the molecule is CO/N=C(\C)c1ccc2cc3ccccc3cc2c1. The summed E-state index contributed by atoms with van der Waals surface area (Å²) in [6.07, 6.45) is 0. The van der Waals surface area contributed by atoms with E-state index in [-0.39, 0.29) is 0 Å². The molecule has 0 aliphatic carbocycles. The van der Waals surface area contributed by atoms with Crippen molar-refractivity contribution in [3.8, 4) is 0 Å². The van der Waals surface area contributed by atoms with Gasteiger partial charge in [-0.05, 0) is 52.2 Å². The molecule has 0 radical (unpaired) electrons. The molecule has 94 valence electrons. The van der Waals surface area contributed by atoms with Crippen molar-refractivity contribution >= 4 is 27.3 Å². The van der Waals surface area contributed by atoms with Crippen LogP contribution in [0.2, 0.25) is 0 Å². The summed E-state index contributed by atoms with van der Waals surface area (Å²) < 4.78 is 0. The third-order valence-electron chi connectivity index (χ3n) is 3.35. The topological polar surface area (TPSA) is 21.6 Å². The predicted octanol–water partition coefficient (Wildman–Crippen LogP) is 4.36. The Balaban J connectivity index is 2.22. The summed E-state index contributed by atoms with van der Waals surface area (Å²) in [7, 11) is 1.57. The van der Waals surface area contributed by atoms with Crippen LogP contribution in [-0.2, 0) is 4.84 Å². The molecular weight excluding hydrogens is 234 g/mol. The summed E-state index contributed by atoms with van der Waals surface area (Å²) in [5.41, 5.74) is 1.97. The minimum Gasteiger partial charge on any atom is -0.399 e. The van der Waals surface area contributed by atoms with Crippen LogP contribution in [0.1, 0.15) is 12.5 Å². The largest absolute Gasteiger partial charge is 0.399 e. The van der Waals surface area contributed by atoms with Crippen LogP contribution in [0.3, 0.4) is 0 Å². The van der Waals surface area contributed by atoms with Crippen LogP contribution < -0.4 is 0 Å². The molecular formula is C17H15NO. The van der Waals surface area contributed by atoms with Crippen LogP contribution in [0.15, 0.2) is 59.8 Å². The van der Waals surface area contributed by atoms with E-state index in [0.29, 0.717) is 0 Å². The van der Waals surface area contributed by atoms with Crippen molar-refractivity contribution in [3.05, 3.63) is 60.2 Å². The predicted molar refractivity (Wildman–Crippen MR) is 80.7 cm³/mol. The molecule has 0 N–H and O–H groups in total. The van der Waals surface area contributed by atoms with Gasteiger partial charge in [-0.15, -0.1) is 0 Å². The molecule has 0 unspecified atom stereocenters. The number of oxime groups is 1. The van der Waals surface area contributed by atoms with Crippen molar-refractivity contribution in [2.45, 2.75) is 6.92 Å². The molecule has 3 aromatic carbocycles. The van der Waals surface area contributed by atoms with Gasteiger partial charge in [0.15, 0.2) is 0 Å². The van der Waals surface area contributed by atoms with Crippen molar-refractivity contribution in [3.63, 3.8) is 0 Å². The fourth-order valence-corrected chi connectivity index (χ4v) is 2.35. The van der Waals surface area contributed by atoms with Crippen molar-refractivity contribution in [2.75, 3.05) is 7.11 Å². The average Bonchev–Trinajstić information content (AvgIpc) is 2.44.